The fraction of sp³-hybridized carbons (Fsp3) is 0.432. The molecular weight excluding hydrogens is 772 g/mol. The van der Waals surface area contributed by atoms with E-state index in [4.69, 9.17) is 9.47 Å². The Kier molecular flexibility index (Phi) is 9.22. The summed E-state index contributed by atoms with van der Waals surface area (Å²) in [5.41, 5.74) is 4.30. The SMILES string of the molecule is Cc1c(-c2cc3cc(N(C)C(=O)OC4CC5(CCN(CC6CN(c7ccc8c(c7)C(=O)N(C7CCC(=O)NC7=O)C8=O)C6)CC5)C4)ncc3cc2F)cnc2c1NCCO2. The lowest BCUT2D eigenvalue weighted by atomic mass is 9.61. The first-order valence-electron chi connectivity index (χ1n) is 20.7. The third-order valence-corrected chi connectivity index (χ3v) is 13.4. The molecule has 2 aromatic heterocycles. The van der Waals surface area contributed by atoms with E-state index in [2.05, 4.69) is 30.4 Å². The van der Waals surface area contributed by atoms with Crippen LogP contribution in [0, 0.1) is 24.1 Å². The quantitative estimate of drug-likeness (QED) is 0.243. The maximum absolute atomic E-state index is 15.4. The molecule has 310 valence electrons. The number of nitrogens with zero attached hydrogens (tertiary/aromatic N) is 6. The molecule has 1 saturated carbocycles. The molecule has 15 nitrogen and oxygen atoms in total. The molecule has 6 aliphatic rings. The van der Waals surface area contributed by atoms with Gasteiger partial charge in [0.1, 0.15) is 36.1 Å². The van der Waals surface area contributed by atoms with E-state index in [9.17, 15) is 24.0 Å². The predicted molar refractivity (Wildman–Crippen MR) is 218 cm³/mol. The number of pyridine rings is 2. The Morgan fingerprint density at radius 3 is 2.53 bits per heavy atom. The molecule has 4 fully saturated rings. The van der Waals surface area contributed by atoms with Crippen molar-refractivity contribution in [2.45, 2.75) is 57.6 Å². The van der Waals surface area contributed by atoms with Gasteiger partial charge in [0.25, 0.3) is 11.8 Å². The Balaban J connectivity index is 0.695. The minimum atomic E-state index is -0.981. The van der Waals surface area contributed by atoms with Crippen molar-refractivity contribution in [3.05, 3.63) is 71.3 Å². The van der Waals surface area contributed by atoms with Crippen molar-refractivity contribution in [1.29, 1.82) is 0 Å². The van der Waals surface area contributed by atoms with Crippen LogP contribution in [-0.2, 0) is 14.3 Å². The van der Waals surface area contributed by atoms with Gasteiger partial charge in [-0.15, -0.1) is 0 Å². The molecule has 2 N–H and O–H groups in total. The highest BCUT2D eigenvalue weighted by atomic mass is 19.1. The molecule has 2 aromatic carbocycles. The second-order valence-electron chi connectivity index (χ2n) is 17.2. The van der Waals surface area contributed by atoms with Crippen LogP contribution >= 0.6 is 0 Å². The third kappa shape index (κ3) is 6.57. The number of rotatable bonds is 7. The molecule has 60 heavy (non-hydrogen) atoms. The topological polar surface area (TPSA) is 167 Å². The highest BCUT2D eigenvalue weighted by molar-refractivity contribution is 6.23. The summed E-state index contributed by atoms with van der Waals surface area (Å²) in [6.45, 7) is 7.71. The van der Waals surface area contributed by atoms with Crippen LogP contribution in [0.5, 0.6) is 5.88 Å². The fourth-order valence-electron chi connectivity index (χ4n) is 9.88. The molecule has 0 radical (unpaired) electrons. The van der Waals surface area contributed by atoms with Crippen molar-refractivity contribution >= 4 is 57.7 Å². The van der Waals surface area contributed by atoms with Gasteiger partial charge >= 0.3 is 6.09 Å². The number of nitrogens with one attached hydrogen (secondary N) is 2. The van der Waals surface area contributed by atoms with E-state index in [0.717, 1.165) is 85.6 Å². The van der Waals surface area contributed by atoms with E-state index in [1.165, 1.54) is 11.0 Å². The maximum atomic E-state index is 15.4. The zero-order valence-corrected chi connectivity index (χ0v) is 33.5. The number of hydrogen-bond acceptors (Lipinski definition) is 12. The number of halogens is 1. The van der Waals surface area contributed by atoms with Gasteiger partial charge in [-0.25, -0.2) is 19.2 Å². The minimum absolute atomic E-state index is 0.0842. The molecule has 5 aliphatic heterocycles. The van der Waals surface area contributed by atoms with Crippen LogP contribution in [0.25, 0.3) is 21.9 Å². The lowest BCUT2D eigenvalue weighted by Crippen LogP contribution is -2.55. The fourth-order valence-corrected chi connectivity index (χ4v) is 9.88. The number of piperidine rings is 2. The third-order valence-electron chi connectivity index (χ3n) is 13.4. The molecule has 16 heteroatoms. The Labute approximate surface area is 345 Å². The van der Waals surface area contributed by atoms with Crippen LogP contribution in [0.15, 0.2) is 48.8 Å². The number of benzene rings is 2. The second-order valence-corrected chi connectivity index (χ2v) is 17.2. The number of aromatic nitrogens is 2. The smallest absolute Gasteiger partial charge is 0.415 e. The van der Waals surface area contributed by atoms with Crippen LogP contribution in [0.3, 0.4) is 0 Å². The van der Waals surface area contributed by atoms with Gasteiger partial charge in [-0.2, -0.15) is 0 Å². The lowest BCUT2D eigenvalue weighted by molar-refractivity contribution is -0.136. The minimum Gasteiger partial charge on any atom is -0.474 e. The van der Waals surface area contributed by atoms with E-state index < -0.39 is 35.8 Å². The van der Waals surface area contributed by atoms with Gasteiger partial charge in [-0.3, -0.25) is 34.3 Å². The summed E-state index contributed by atoms with van der Waals surface area (Å²) >= 11 is 0. The number of hydrogen-bond donors (Lipinski definition) is 2. The Morgan fingerprint density at radius 1 is 0.967 bits per heavy atom. The van der Waals surface area contributed by atoms with Crippen molar-refractivity contribution in [2.75, 3.05) is 68.0 Å². The molecule has 10 rings (SSSR count). The highest BCUT2D eigenvalue weighted by Gasteiger charge is 2.49. The average molecular weight is 817 g/mol. The Hall–Kier alpha value is -6.16. The molecule has 0 bridgehead atoms. The molecular formula is C44H45FN8O7. The van der Waals surface area contributed by atoms with Gasteiger partial charge in [0.05, 0.1) is 11.1 Å². The number of fused-ring (bicyclic) bond motifs is 3. The summed E-state index contributed by atoms with van der Waals surface area (Å²) in [5.74, 6) is -1.00. The van der Waals surface area contributed by atoms with Crippen molar-refractivity contribution in [3.63, 3.8) is 0 Å². The van der Waals surface area contributed by atoms with Gasteiger partial charge in [0.15, 0.2) is 0 Å². The summed E-state index contributed by atoms with van der Waals surface area (Å²) in [6, 6.07) is 9.28. The van der Waals surface area contributed by atoms with Gasteiger partial charge in [-0.1, -0.05) is 0 Å². The van der Waals surface area contributed by atoms with Gasteiger partial charge in [0.2, 0.25) is 17.7 Å². The predicted octanol–water partition coefficient (Wildman–Crippen LogP) is 4.90. The molecule has 4 aromatic rings. The van der Waals surface area contributed by atoms with E-state index in [1.807, 2.05) is 13.0 Å². The normalized spacial score (nSPS) is 21.5. The van der Waals surface area contributed by atoms with Crippen molar-refractivity contribution in [1.82, 2.24) is 25.1 Å². The van der Waals surface area contributed by atoms with E-state index >= 15 is 4.39 Å². The van der Waals surface area contributed by atoms with Crippen LogP contribution < -0.4 is 25.2 Å². The molecule has 5 amide bonds. The number of likely N-dealkylation sites (tertiary alicyclic amines) is 1. The van der Waals surface area contributed by atoms with Crippen molar-refractivity contribution in [3.8, 4) is 17.0 Å². The number of carbonyl (C=O) groups is 5. The largest absolute Gasteiger partial charge is 0.474 e. The van der Waals surface area contributed by atoms with Crippen molar-refractivity contribution < 1.29 is 37.8 Å². The maximum Gasteiger partial charge on any atom is 0.415 e. The summed E-state index contributed by atoms with van der Waals surface area (Å²) in [4.78, 5) is 79.7. The Morgan fingerprint density at radius 2 is 1.75 bits per heavy atom. The van der Waals surface area contributed by atoms with Crippen LogP contribution in [0.2, 0.25) is 0 Å². The summed E-state index contributed by atoms with van der Waals surface area (Å²) < 4.78 is 27.0. The molecule has 1 atom stereocenters. The van der Waals surface area contributed by atoms with Crippen LogP contribution in [0.1, 0.15) is 64.8 Å². The number of amides is 5. The number of ether oxygens (including phenoxy) is 2. The summed E-state index contributed by atoms with van der Waals surface area (Å²) in [7, 11) is 1.64. The van der Waals surface area contributed by atoms with Crippen LogP contribution in [0.4, 0.5) is 26.4 Å². The zero-order valence-electron chi connectivity index (χ0n) is 33.5. The van der Waals surface area contributed by atoms with Gasteiger partial charge < -0.3 is 24.6 Å². The number of imide groups is 2. The lowest BCUT2D eigenvalue weighted by Gasteiger charge is -2.52. The first-order valence-corrected chi connectivity index (χ1v) is 20.7. The zero-order chi connectivity index (χ0) is 41.4. The first-order chi connectivity index (χ1) is 28.9. The molecule has 1 aliphatic carbocycles. The molecule has 7 heterocycles. The first kappa shape index (κ1) is 38.1. The molecule has 3 saturated heterocycles. The number of anilines is 3. The average Bonchev–Trinajstić information content (AvgIpc) is 3.46. The van der Waals surface area contributed by atoms with E-state index in [0.29, 0.717) is 52.8 Å². The van der Waals surface area contributed by atoms with Crippen molar-refractivity contribution in [2.24, 2.45) is 11.3 Å². The van der Waals surface area contributed by atoms with Gasteiger partial charge in [-0.05, 0) is 105 Å². The van der Waals surface area contributed by atoms with Gasteiger partial charge in [0, 0.05) is 80.2 Å². The second kappa shape index (κ2) is 14.5. The molecule has 1 unspecified atom stereocenters. The highest BCUT2D eigenvalue weighted by Crippen LogP contribution is 2.51. The standard InChI is InChI=1S/C44H45FN8O7/c1-24-33(20-48-40-38(24)46-9-12-59-40)31-13-26-15-36(47-19-27(26)14-34(31)45)50(2)43(58)60-29-17-44(18-29)7-10-51(11-8-44)21-25-22-52(23-25)28-3-4-30-32(16-28)42(57)53(41(30)56)35-5-6-37(54)49-39(35)55/h3-4,13-16,19-20,25,29,35,46H,5-12,17-18,21-23H2,1-2H3,(H,49,54,55). The van der Waals surface area contributed by atoms with E-state index in [-0.39, 0.29) is 35.7 Å². The summed E-state index contributed by atoms with van der Waals surface area (Å²) in [6.07, 6.45) is 6.55. The monoisotopic (exact) mass is 816 g/mol. The van der Waals surface area contributed by atoms with Crippen LogP contribution in [-0.4, -0.2) is 115 Å². The molecule has 1 spiro atoms. The van der Waals surface area contributed by atoms with E-state index in [1.54, 1.807) is 43.7 Å². The Bertz CT molecular complexity index is 2490. The number of carbonyl (C=O) groups excluding carboxylic acids is 5. The summed E-state index contributed by atoms with van der Waals surface area (Å²) in [5, 5.41) is 6.89.